The minimum atomic E-state index is 0.788. The predicted molar refractivity (Wildman–Crippen MR) is 64.4 cm³/mol. The fourth-order valence-corrected chi connectivity index (χ4v) is 2.18. The van der Waals surface area contributed by atoms with Crippen LogP contribution in [-0.4, -0.2) is 22.1 Å². The first-order chi connectivity index (χ1) is 6.78. The number of ether oxygens (including phenoxy) is 2. The summed E-state index contributed by atoms with van der Waals surface area (Å²) in [6.07, 6.45) is 0.946. The van der Waals surface area contributed by atoms with E-state index in [0.29, 0.717) is 0 Å². The number of methoxy groups -OCH3 is 2. The molecule has 1 aromatic carbocycles. The molecule has 1 aromatic rings. The van der Waals surface area contributed by atoms with Crippen LogP contribution in [0, 0.1) is 0 Å². The predicted octanol–water partition coefficient (Wildman–Crippen LogP) is 1.73. The Morgan fingerprint density at radius 1 is 1.14 bits per heavy atom. The third-order valence-electron chi connectivity index (χ3n) is 2.27. The second-order valence-electron chi connectivity index (χ2n) is 2.91. The molecular formula is C10H14BBrO2. The van der Waals surface area contributed by atoms with Gasteiger partial charge in [0.15, 0.2) is 0 Å². The van der Waals surface area contributed by atoms with Crippen LogP contribution < -0.4 is 9.47 Å². The van der Waals surface area contributed by atoms with Gasteiger partial charge in [0.1, 0.15) is 19.3 Å². The molecule has 2 nitrogen and oxygen atoms in total. The molecule has 14 heavy (non-hydrogen) atoms. The lowest BCUT2D eigenvalue weighted by atomic mass is 9.92. The van der Waals surface area contributed by atoms with Crippen LogP contribution >= 0.6 is 15.9 Å². The van der Waals surface area contributed by atoms with E-state index in [0.717, 1.165) is 23.1 Å². The average Bonchev–Trinajstić information content (AvgIpc) is 2.26. The maximum Gasteiger partial charge on any atom is 0.123 e. The van der Waals surface area contributed by atoms with Gasteiger partial charge in [-0.05, 0) is 17.7 Å². The van der Waals surface area contributed by atoms with Crippen molar-refractivity contribution in [2.45, 2.75) is 11.7 Å². The molecule has 0 unspecified atom stereocenters. The van der Waals surface area contributed by atoms with E-state index in [1.165, 1.54) is 11.1 Å². The highest BCUT2D eigenvalue weighted by molar-refractivity contribution is 9.08. The fourth-order valence-electron chi connectivity index (χ4n) is 1.57. The summed E-state index contributed by atoms with van der Waals surface area (Å²) in [7, 11) is 5.50. The minimum absolute atomic E-state index is 0.788. The average molecular weight is 257 g/mol. The van der Waals surface area contributed by atoms with Gasteiger partial charge in [0, 0.05) is 10.9 Å². The van der Waals surface area contributed by atoms with E-state index >= 15 is 0 Å². The number of rotatable bonds is 4. The minimum Gasteiger partial charge on any atom is -0.496 e. The SMILES string of the molecule is BCc1c(OC)ccc(OC)c1CBr. The molecule has 0 radical (unpaired) electrons. The first-order valence-corrected chi connectivity index (χ1v) is 5.69. The number of alkyl halides is 1. The molecule has 0 aliphatic rings. The van der Waals surface area contributed by atoms with Crippen LogP contribution in [0.5, 0.6) is 11.5 Å². The molecular weight excluding hydrogens is 243 g/mol. The Bertz CT molecular complexity index is 284. The van der Waals surface area contributed by atoms with Gasteiger partial charge in [-0.3, -0.25) is 0 Å². The zero-order valence-electron chi connectivity index (χ0n) is 8.76. The van der Waals surface area contributed by atoms with Gasteiger partial charge in [0.05, 0.1) is 14.2 Å². The number of benzene rings is 1. The Hall–Kier alpha value is -0.635. The number of hydrogen-bond acceptors (Lipinski definition) is 2. The fraction of sp³-hybridized carbons (Fsp3) is 0.400. The Labute approximate surface area is 94.1 Å². The van der Waals surface area contributed by atoms with Crippen molar-refractivity contribution >= 4 is 23.8 Å². The topological polar surface area (TPSA) is 18.5 Å². The van der Waals surface area contributed by atoms with Crippen LogP contribution in [0.15, 0.2) is 12.1 Å². The van der Waals surface area contributed by atoms with E-state index in [2.05, 4.69) is 23.8 Å². The Morgan fingerprint density at radius 3 is 2.00 bits per heavy atom. The Kier molecular flexibility index (Phi) is 4.33. The molecule has 0 spiro atoms. The molecule has 0 N–H and O–H groups in total. The van der Waals surface area contributed by atoms with Crippen LogP contribution in [0.1, 0.15) is 11.1 Å². The van der Waals surface area contributed by atoms with Crippen molar-refractivity contribution in [3.63, 3.8) is 0 Å². The van der Waals surface area contributed by atoms with Gasteiger partial charge in [0.2, 0.25) is 0 Å². The van der Waals surface area contributed by atoms with Crippen molar-refractivity contribution in [2.24, 2.45) is 0 Å². The van der Waals surface area contributed by atoms with Gasteiger partial charge >= 0.3 is 0 Å². The maximum absolute atomic E-state index is 5.30. The Morgan fingerprint density at radius 2 is 1.64 bits per heavy atom. The van der Waals surface area contributed by atoms with Gasteiger partial charge in [-0.15, -0.1) is 0 Å². The summed E-state index contributed by atoms with van der Waals surface area (Å²) in [5.74, 6) is 1.85. The smallest absolute Gasteiger partial charge is 0.123 e. The molecule has 0 heterocycles. The lowest BCUT2D eigenvalue weighted by Crippen LogP contribution is -2.00. The van der Waals surface area contributed by atoms with Gasteiger partial charge in [-0.25, -0.2) is 0 Å². The molecule has 0 atom stereocenters. The van der Waals surface area contributed by atoms with E-state index in [1.807, 2.05) is 12.1 Å². The monoisotopic (exact) mass is 256 g/mol. The second kappa shape index (κ2) is 5.30. The van der Waals surface area contributed by atoms with Gasteiger partial charge in [-0.2, -0.15) is 0 Å². The lowest BCUT2D eigenvalue weighted by Gasteiger charge is -2.14. The zero-order valence-corrected chi connectivity index (χ0v) is 10.3. The zero-order chi connectivity index (χ0) is 10.6. The van der Waals surface area contributed by atoms with E-state index in [4.69, 9.17) is 9.47 Å². The summed E-state index contributed by atoms with van der Waals surface area (Å²) >= 11 is 3.47. The highest BCUT2D eigenvalue weighted by Gasteiger charge is 2.11. The summed E-state index contributed by atoms with van der Waals surface area (Å²) in [4.78, 5) is 0. The highest BCUT2D eigenvalue weighted by Crippen LogP contribution is 2.31. The molecule has 4 heteroatoms. The number of halogens is 1. The van der Waals surface area contributed by atoms with Crippen LogP contribution in [0.25, 0.3) is 0 Å². The molecule has 0 saturated heterocycles. The van der Waals surface area contributed by atoms with Crippen molar-refractivity contribution in [1.82, 2.24) is 0 Å². The van der Waals surface area contributed by atoms with Gasteiger partial charge in [-0.1, -0.05) is 22.3 Å². The van der Waals surface area contributed by atoms with E-state index < -0.39 is 0 Å². The van der Waals surface area contributed by atoms with Crippen LogP contribution in [0.3, 0.4) is 0 Å². The molecule has 0 aliphatic heterocycles. The van der Waals surface area contributed by atoms with Crippen LogP contribution in [0.2, 0.25) is 0 Å². The quantitative estimate of drug-likeness (QED) is 0.604. The first kappa shape index (κ1) is 11.4. The summed E-state index contributed by atoms with van der Waals surface area (Å²) < 4.78 is 10.6. The van der Waals surface area contributed by atoms with Crippen LogP contribution in [-0.2, 0) is 11.7 Å². The van der Waals surface area contributed by atoms with Crippen molar-refractivity contribution in [1.29, 1.82) is 0 Å². The number of hydrogen-bond donors (Lipinski definition) is 0. The van der Waals surface area contributed by atoms with Crippen molar-refractivity contribution < 1.29 is 9.47 Å². The standard InChI is InChI=1S/C10H14BBrO2/c1-13-9-3-4-10(14-2)8(6-12)7(9)5-11/h3-4H,5-6,11H2,1-2H3. The summed E-state index contributed by atoms with van der Waals surface area (Å²) in [6.45, 7) is 0. The maximum atomic E-state index is 5.30. The first-order valence-electron chi connectivity index (χ1n) is 4.57. The highest BCUT2D eigenvalue weighted by atomic mass is 79.9. The van der Waals surface area contributed by atoms with E-state index in [-0.39, 0.29) is 0 Å². The molecule has 0 fully saturated rings. The third kappa shape index (κ3) is 2.06. The molecule has 0 aromatic heterocycles. The van der Waals surface area contributed by atoms with E-state index in [1.54, 1.807) is 14.2 Å². The summed E-state index contributed by atoms with van der Waals surface area (Å²) in [6, 6.07) is 3.89. The van der Waals surface area contributed by atoms with Gasteiger partial charge in [0.25, 0.3) is 0 Å². The van der Waals surface area contributed by atoms with Crippen LogP contribution in [0.4, 0.5) is 0 Å². The second-order valence-corrected chi connectivity index (χ2v) is 3.48. The normalized spacial score (nSPS) is 9.93. The van der Waals surface area contributed by atoms with Crippen molar-refractivity contribution in [3.8, 4) is 11.5 Å². The molecule has 0 amide bonds. The largest absolute Gasteiger partial charge is 0.496 e. The third-order valence-corrected chi connectivity index (χ3v) is 2.83. The summed E-state index contributed by atoms with van der Waals surface area (Å²) in [5, 5.41) is 0.788. The molecule has 76 valence electrons. The van der Waals surface area contributed by atoms with E-state index in [9.17, 15) is 0 Å². The lowest BCUT2D eigenvalue weighted by molar-refractivity contribution is 0.397. The summed E-state index contributed by atoms with van der Waals surface area (Å²) in [5.41, 5.74) is 2.39. The molecule has 0 aliphatic carbocycles. The Balaban J connectivity index is 3.28. The van der Waals surface area contributed by atoms with Crippen molar-refractivity contribution in [2.75, 3.05) is 14.2 Å². The molecule has 0 bridgehead atoms. The molecule has 0 saturated carbocycles. The van der Waals surface area contributed by atoms with Crippen molar-refractivity contribution in [3.05, 3.63) is 23.3 Å². The molecule has 1 rings (SSSR count). The van der Waals surface area contributed by atoms with Gasteiger partial charge < -0.3 is 9.47 Å².